The van der Waals surface area contributed by atoms with Crippen molar-refractivity contribution in [2.45, 2.75) is 6.42 Å². The molecule has 0 saturated carbocycles. The molecule has 3 heterocycles. The van der Waals surface area contributed by atoms with Gasteiger partial charge in [0, 0.05) is 44.0 Å². The largest absolute Gasteiger partial charge is 0.386 e. The van der Waals surface area contributed by atoms with Crippen LogP contribution in [0.2, 0.25) is 0 Å². The highest BCUT2D eigenvalue weighted by molar-refractivity contribution is 5.99. The van der Waals surface area contributed by atoms with E-state index in [9.17, 15) is 9.59 Å². The Morgan fingerprint density at radius 1 is 1.30 bits per heavy atom. The number of aromatic amines is 1. The van der Waals surface area contributed by atoms with Crippen LogP contribution in [-0.4, -0.2) is 38.9 Å². The van der Waals surface area contributed by atoms with E-state index >= 15 is 0 Å². The number of pyridine rings is 1. The van der Waals surface area contributed by atoms with Gasteiger partial charge in [-0.1, -0.05) is 12.1 Å². The van der Waals surface area contributed by atoms with Crippen molar-refractivity contribution in [2.75, 3.05) is 18.9 Å². The summed E-state index contributed by atoms with van der Waals surface area (Å²) in [5.74, 6) is 0.208. The van der Waals surface area contributed by atoms with Gasteiger partial charge in [0.1, 0.15) is 5.56 Å². The molecule has 0 aliphatic carbocycles. The van der Waals surface area contributed by atoms with Crippen molar-refractivity contribution in [2.24, 2.45) is 0 Å². The number of para-hydroxylation sites is 1. The van der Waals surface area contributed by atoms with Crippen LogP contribution in [0.1, 0.15) is 16.1 Å². The quantitative estimate of drug-likeness (QED) is 0.500. The van der Waals surface area contributed by atoms with Crippen molar-refractivity contribution < 1.29 is 4.79 Å². The van der Waals surface area contributed by atoms with Crippen LogP contribution in [-0.2, 0) is 6.42 Å². The van der Waals surface area contributed by atoms with Gasteiger partial charge in [0.25, 0.3) is 11.5 Å². The summed E-state index contributed by atoms with van der Waals surface area (Å²) in [6.07, 6.45) is 5.96. The summed E-state index contributed by atoms with van der Waals surface area (Å²) in [4.78, 5) is 36.1. The molecular weight excluding hydrogens is 344 g/mol. The number of fused-ring (bicyclic) bond motifs is 2. The van der Waals surface area contributed by atoms with Gasteiger partial charge in [-0.25, -0.2) is 9.97 Å². The minimum absolute atomic E-state index is 0.0902. The molecule has 3 N–H and O–H groups in total. The van der Waals surface area contributed by atoms with Gasteiger partial charge in [0.2, 0.25) is 5.78 Å². The maximum absolute atomic E-state index is 12.4. The lowest BCUT2D eigenvalue weighted by molar-refractivity contribution is 0.0952. The second kappa shape index (κ2) is 6.91. The van der Waals surface area contributed by atoms with E-state index in [-0.39, 0.29) is 5.56 Å². The van der Waals surface area contributed by atoms with Crippen molar-refractivity contribution in [3.63, 3.8) is 0 Å². The van der Waals surface area contributed by atoms with E-state index in [0.717, 1.165) is 16.8 Å². The molecule has 1 amide bonds. The summed E-state index contributed by atoms with van der Waals surface area (Å²) in [7, 11) is 1.78. The van der Waals surface area contributed by atoms with Crippen molar-refractivity contribution >= 4 is 28.3 Å². The standard InChI is InChI=1S/C19H18N6O2/c1-20-15-5-2-4-12-10-14(18(27)24-16(12)15)17(26)21-8-6-13-11-25-9-3-7-22-19(25)23-13/h2-5,7,9-11,20H,6,8H2,1H3,(H,21,26)(H,24,27). The Balaban J connectivity index is 1.49. The SMILES string of the molecule is CNc1cccc2cc(C(=O)NCCc3cn4cccnc4n3)c(=O)[nH]c12. The molecule has 0 atom stereocenters. The molecule has 4 rings (SSSR count). The number of carbonyl (C=O) groups is 1. The highest BCUT2D eigenvalue weighted by atomic mass is 16.2. The Kier molecular flexibility index (Phi) is 4.29. The van der Waals surface area contributed by atoms with Gasteiger partial charge in [-0.3, -0.25) is 14.0 Å². The molecule has 4 aromatic rings. The normalized spacial score (nSPS) is 11.0. The highest BCUT2D eigenvalue weighted by Gasteiger charge is 2.13. The lowest BCUT2D eigenvalue weighted by atomic mass is 10.1. The number of imidazole rings is 1. The Hall–Kier alpha value is -3.68. The van der Waals surface area contributed by atoms with Crippen LogP contribution in [0.25, 0.3) is 16.7 Å². The van der Waals surface area contributed by atoms with E-state index in [4.69, 9.17) is 0 Å². The number of carbonyl (C=O) groups excluding carboxylic acids is 1. The molecule has 0 saturated heterocycles. The first kappa shape index (κ1) is 16.8. The molecule has 0 bridgehead atoms. The smallest absolute Gasteiger partial charge is 0.261 e. The van der Waals surface area contributed by atoms with E-state index < -0.39 is 11.5 Å². The number of anilines is 1. The number of nitrogens with zero attached hydrogens (tertiary/aromatic N) is 3. The van der Waals surface area contributed by atoms with Gasteiger partial charge in [-0.15, -0.1) is 0 Å². The number of H-pyrrole nitrogens is 1. The third kappa shape index (κ3) is 3.24. The minimum Gasteiger partial charge on any atom is -0.386 e. The average molecular weight is 362 g/mol. The minimum atomic E-state index is -0.417. The molecule has 0 radical (unpaired) electrons. The molecule has 27 heavy (non-hydrogen) atoms. The fourth-order valence-electron chi connectivity index (χ4n) is 3.01. The fourth-order valence-corrected chi connectivity index (χ4v) is 3.01. The van der Waals surface area contributed by atoms with Crippen molar-refractivity contribution in [3.8, 4) is 0 Å². The van der Waals surface area contributed by atoms with Crippen LogP contribution in [0.4, 0.5) is 5.69 Å². The van der Waals surface area contributed by atoms with E-state index in [1.807, 2.05) is 41.1 Å². The fraction of sp³-hybridized carbons (Fsp3) is 0.158. The number of hydrogen-bond acceptors (Lipinski definition) is 5. The summed E-state index contributed by atoms with van der Waals surface area (Å²) in [6.45, 7) is 0.372. The number of hydrogen-bond donors (Lipinski definition) is 3. The predicted molar refractivity (Wildman–Crippen MR) is 103 cm³/mol. The Morgan fingerprint density at radius 2 is 2.19 bits per heavy atom. The number of benzene rings is 1. The van der Waals surface area contributed by atoms with Crippen LogP contribution in [0.15, 0.2) is 53.7 Å². The average Bonchev–Trinajstić information content (AvgIpc) is 3.09. The van der Waals surface area contributed by atoms with Crippen LogP contribution in [0.5, 0.6) is 0 Å². The molecule has 3 aromatic heterocycles. The first-order valence-corrected chi connectivity index (χ1v) is 8.56. The summed E-state index contributed by atoms with van der Waals surface area (Å²) in [6, 6.07) is 9.02. The third-order valence-electron chi connectivity index (χ3n) is 4.35. The lowest BCUT2D eigenvalue weighted by Crippen LogP contribution is -2.31. The molecule has 0 spiro atoms. The molecule has 0 aliphatic rings. The van der Waals surface area contributed by atoms with Gasteiger partial charge < -0.3 is 15.6 Å². The lowest BCUT2D eigenvalue weighted by Gasteiger charge is -2.08. The summed E-state index contributed by atoms with van der Waals surface area (Å²) >= 11 is 0. The number of amides is 1. The monoisotopic (exact) mass is 362 g/mol. The van der Waals surface area contributed by atoms with Gasteiger partial charge in [0.15, 0.2) is 0 Å². The number of aromatic nitrogens is 4. The van der Waals surface area contributed by atoms with Gasteiger partial charge >= 0.3 is 0 Å². The summed E-state index contributed by atoms with van der Waals surface area (Å²) in [5.41, 5.74) is 1.97. The molecule has 0 aliphatic heterocycles. The van der Waals surface area contributed by atoms with Gasteiger partial charge in [-0.2, -0.15) is 0 Å². The van der Waals surface area contributed by atoms with Crippen molar-refractivity contribution in [3.05, 3.63) is 70.5 Å². The molecule has 8 nitrogen and oxygen atoms in total. The van der Waals surface area contributed by atoms with Crippen LogP contribution in [0.3, 0.4) is 0 Å². The van der Waals surface area contributed by atoms with E-state index in [1.54, 1.807) is 19.3 Å². The molecular formula is C19H18N6O2. The van der Waals surface area contributed by atoms with Crippen molar-refractivity contribution in [1.82, 2.24) is 24.7 Å². The Bertz CT molecular complexity index is 1160. The van der Waals surface area contributed by atoms with Crippen molar-refractivity contribution in [1.29, 1.82) is 0 Å². The van der Waals surface area contributed by atoms with Crippen LogP contribution < -0.4 is 16.2 Å². The maximum atomic E-state index is 12.4. The topological polar surface area (TPSA) is 104 Å². The van der Waals surface area contributed by atoms with E-state index in [2.05, 4.69) is 25.6 Å². The second-order valence-electron chi connectivity index (χ2n) is 6.10. The first-order chi connectivity index (χ1) is 13.2. The van der Waals surface area contributed by atoms with Gasteiger partial charge in [0.05, 0.1) is 16.9 Å². The van der Waals surface area contributed by atoms with E-state index in [0.29, 0.717) is 24.3 Å². The predicted octanol–water partition coefficient (Wildman–Crippen LogP) is 1.58. The molecule has 0 fully saturated rings. The Morgan fingerprint density at radius 3 is 3.00 bits per heavy atom. The zero-order valence-electron chi connectivity index (χ0n) is 14.7. The Labute approximate surface area is 154 Å². The van der Waals surface area contributed by atoms with Crippen LogP contribution >= 0.6 is 0 Å². The summed E-state index contributed by atoms with van der Waals surface area (Å²) < 4.78 is 1.82. The van der Waals surface area contributed by atoms with Gasteiger partial charge in [-0.05, 0) is 18.2 Å². The van der Waals surface area contributed by atoms with Crippen LogP contribution in [0, 0.1) is 0 Å². The zero-order chi connectivity index (χ0) is 18.8. The zero-order valence-corrected chi connectivity index (χ0v) is 14.7. The number of nitrogens with one attached hydrogen (secondary N) is 3. The maximum Gasteiger partial charge on any atom is 0.261 e. The molecule has 0 unspecified atom stereocenters. The second-order valence-corrected chi connectivity index (χ2v) is 6.10. The highest BCUT2D eigenvalue weighted by Crippen LogP contribution is 2.19. The molecule has 8 heteroatoms. The third-order valence-corrected chi connectivity index (χ3v) is 4.35. The van der Waals surface area contributed by atoms with E-state index in [1.165, 1.54) is 0 Å². The molecule has 136 valence electrons. The number of rotatable bonds is 5. The molecule has 1 aromatic carbocycles. The first-order valence-electron chi connectivity index (χ1n) is 8.56. The summed E-state index contributed by atoms with van der Waals surface area (Å²) in [5, 5.41) is 6.60.